The van der Waals surface area contributed by atoms with Crippen LogP contribution >= 0.6 is 0 Å². The monoisotopic (exact) mass is 285 g/mol. The van der Waals surface area contributed by atoms with Crippen LogP contribution in [0, 0.1) is 0 Å². The molecule has 1 amide bonds. The molecule has 0 atom stereocenters. The number of carbonyl (C=O) groups is 1. The molecule has 2 aromatic carbocycles. The minimum Gasteiger partial charge on any atom is -0.497 e. The van der Waals surface area contributed by atoms with Crippen LogP contribution in [0.3, 0.4) is 0 Å². The van der Waals surface area contributed by atoms with E-state index in [1.807, 2.05) is 42.5 Å². The molecule has 0 aliphatic rings. The highest BCUT2D eigenvalue weighted by Crippen LogP contribution is 2.12. The minimum atomic E-state index is -0.420. The van der Waals surface area contributed by atoms with Gasteiger partial charge in [0, 0.05) is 6.54 Å². The van der Waals surface area contributed by atoms with Gasteiger partial charge in [-0.1, -0.05) is 30.3 Å². The lowest BCUT2D eigenvalue weighted by molar-refractivity contribution is 0.200. The Bertz CT molecular complexity index is 552. The average molecular weight is 285 g/mol. The van der Waals surface area contributed by atoms with E-state index in [1.165, 1.54) is 5.56 Å². The van der Waals surface area contributed by atoms with Crippen molar-refractivity contribution in [2.24, 2.45) is 0 Å². The molecule has 2 aromatic rings. The van der Waals surface area contributed by atoms with E-state index in [1.54, 1.807) is 19.2 Å². The van der Waals surface area contributed by atoms with Crippen LogP contribution in [0.1, 0.15) is 12.0 Å². The summed E-state index contributed by atoms with van der Waals surface area (Å²) in [6.45, 7) is 0.581. The number of benzene rings is 2. The van der Waals surface area contributed by atoms with E-state index in [9.17, 15) is 4.79 Å². The van der Waals surface area contributed by atoms with Crippen molar-refractivity contribution in [3.05, 3.63) is 60.2 Å². The van der Waals surface area contributed by atoms with Crippen LogP contribution in [0.5, 0.6) is 11.5 Å². The van der Waals surface area contributed by atoms with Crippen molar-refractivity contribution in [3.63, 3.8) is 0 Å². The van der Waals surface area contributed by atoms with Crippen LogP contribution in [0.25, 0.3) is 0 Å². The Balaban J connectivity index is 1.66. The van der Waals surface area contributed by atoms with Crippen molar-refractivity contribution in [1.29, 1.82) is 0 Å². The van der Waals surface area contributed by atoms with E-state index >= 15 is 0 Å². The smallest absolute Gasteiger partial charge is 0.412 e. The fourth-order valence-electron chi connectivity index (χ4n) is 1.91. The second-order valence-electron chi connectivity index (χ2n) is 4.58. The molecule has 0 aliphatic heterocycles. The number of ether oxygens (including phenoxy) is 2. The predicted molar refractivity (Wildman–Crippen MR) is 81.8 cm³/mol. The summed E-state index contributed by atoms with van der Waals surface area (Å²) in [7, 11) is 1.65. The number of para-hydroxylation sites is 1. The summed E-state index contributed by atoms with van der Waals surface area (Å²) in [6.07, 6.45) is 1.34. The van der Waals surface area contributed by atoms with Crippen molar-refractivity contribution >= 4 is 6.09 Å². The summed E-state index contributed by atoms with van der Waals surface area (Å²) in [5.74, 6) is 1.40. The highest BCUT2D eigenvalue weighted by Gasteiger charge is 2.02. The van der Waals surface area contributed by atoms with Crippen molar-refractivity contribution in [2.45, 2.75) is 12.8 Å². The molecule has 110 valence electrons. The number of hydrogen-bond acceptors (Lipinski definition) is 3. The third-order valence-corrected chi connectivity index (χ3v) is 3.02. The fraction of sp³-hybridized carbons (Fsp3) is 0.235. The standard InChI is InChI=1S/C17H19NO3/c1-20-15-11-9-14(10-12-15)6-5-13-18-17(19)21-16-7-3-2-4-8-16/h2-4,7-12H,5-6,13H2,1H3,(H,18,19). The Morgan fingerprint density at radius 3 is 2.38 bits per heavy atom. The van der Waals surface area contributed by atoms with Gasteiger partial charge in [-0.15, -0.1) is 0 Å². The molecule has 0 bridgehead atoms. The summed E-state index contributed by atoms with van der Waals surface area (Å²) < 4.78 is 10.2. The zero-order valence-corrected chi connectivity index (χ0v) is 12.0. The second kappa shape index (κ2) is 7.94. The van der Waals surface area contributed by atoms with Crippen LogP contribution in [0.4, 0.5) is 4.79 Å². The summed E-state index contributed by atoms with van der Waals surface area (Å²) in [5, 5.41) is 2.74. The number of amides is 1. The molecule has 0 aromatic heterocycles. The first-order chi connectivity index (χ1) is 10.3. The normalized spacial score (nSPS) is 9.95. The molecule has 0 unspecified atom stereocenters. The van der Waals surface area contributed by atoms with Gasteiger partial charge in [0.05, 0.1) is 7.11 Å². The Labute approximate surface area is 124 Å². The summed E-state index contributed by atoms with van der Waals surface area (Å²) >= 11 is 0. The lowest BCUT2D eigenvalue weighted by Gasteiger charge is -2.07. The van der Waals surface area contributed by atoms with E-state index < -0.39 is 6.09 Å². The summed E-state index contributed by atoms with van der Waals surface area (Å²) in [6, 6.07) is 17.0. The molecule has 0 radical (unpaired) electrons. The van der Waals surface area contributed by atoms with E-state index in [0.29, 0.717) is 12.3 Å². The van der Waals surface area contributed by atoms with Gasteiger partial charge in [0.25, 0.3) is 0 Å². The number of carbonyl (C=O) groups excluding carboxylic acids is 1. The zero-order chi connectivity index (χ0) is 14.9. The maximum atomic E-state index is 11.6. The highest BCUT2D eigenvalue weighted by molar-refractivity contribution is 5.70. The van der Waals surface area contributed by atoms with E-state index in [-0.39, 0.29) is 0 Å². The first-order valence-electron chi connectivity index (χ1n) is 6.91. The lowest BCUT2D eigenvalue weighted by Crippen LogP contribution is -2.27. The Hall–Kier alpha value is -2.49. The SMILES string of the molecule is COc1ccc(CCCNC(=O)Oc2ccccc2)cc1. The molecule has 0 heterocycles. The Kier molecular flexibility index (Phi) is 5.64. The number of nitrogens with one attached hydrogen (secondary N) is 1. The van der Waals surface area contributed by atoms with Crippen LogP contribution in [-0.4, -0.2) is 19.7 Å². The lowest BCUT2D eigenvalue weighted by atomic mass is 10.1. The van der Waals surface area contributed by atoms with Crippen molar-refractivity contribution in [1.82, 2.24) is 5.32 Å². The van der Waals surface area contributed by atoms with Gasteiger partial charge >= 0.3 is 6.09 Å². The number of aryl methyl sites for hydroxylation is 1. The zero-order valence-electron chi connectivity index (χ0n) is 12.0. The molecule has 4 nitrogen and oxygen atoms in total. The van der Waals surface area contributed by atoms with Gasteiger partial charge in [0.1, 0.15) is 11.5 Å². The van der Waals surface area contributed by atoms with E-state index in [4.69, 9.17) is 9.47 Å². The van der Waals surface area contributed by atoms with Crippen LogP contribution in [0.15, 0.2) is 54.6 Å². The van der Waals surface area contributed by atoms with Crippen molar-refractivity contribution < 1.29 is 14.3 Å². The van der Waals surface area contributed by atoms with Crippen LogP contribution in [-0.2, 0) is 6.42 Å². The largest absolute Gasteiger partial charge is 0.497 e. The maximum Gasteiger partial charge on any atom is 0.412 e. The van der Waals surface area contributed by atoms with Gasteiger partial charge in [-0.3, -0.25) is 0 Å². The van der Waals surface area contributed by atoms with Gasteiger partial charge in [0.15, 0.2) is 0 Å². The van der Waals surface area contributed by atoms with Crippen LogP contribution < -0.4 is 14.8 Å². The van der Waals surface area contributed by atoms with Gasteiger partial charge in [-0.25, -0.2) is 4.79 Å². The molecule has 0 fully saturated rings. The molecular formula is C17H19NO3. The third-order valence-electron chi connectivity index (χ3n) is 3.02. The van der Waals surface area contributed by atoms with Gasteiger partial charge in [-0.05, 0) is 42.7 Å². The minimum absolute atomic E-state index is 0.420. The van der Waals surface area contributed by atoms with Crippen molar-refractivity contribution in [3.8, 4) is 11.5 Å². The number of rotatable bonds is 6. The molecule has 0 aliphatic carbocycles. The topological polar surface area (TPSA) is 47.6 Å². The van der Waals surface area contributed by atoms with Gasteiger partial charge in [0.2, 0.25) is 0 Å². The molecule has 0 saturated heterocycles. The fourth-order valence-corrected chi connectivity index (χ4v) is 1.91. The molecule has 0 spiro atoms. The summed E-state index contributed by atoms with van der Waals surface area (Å²) in [4.78, 5) is 11.6. The van der Waals surface area contributed by atoms with Crippen LogP contribution in [0.2, 0.25) is 0 Å². The third kappa shape index (κ3) is 5.18. The first-order valence-corrected chi connectivity index (χ1v) is 6.91. The maximum absolute atomic E-state index is 11.6. The molecule has 1 N–H and O–H groups in total. The average Bonchev–Trinajstić information content (AvgIpc) is 2.53. The molecule has 0 saturated carbocycles. The van der Waals surface area contributed by atoms with E-state index in [0.717, 1.165) is 18.6 Å². The Morgan fingerprint density at radius 1 is 1.00 bits per heavy atom. The molecular weight excluding hydrogens is 266 g/mol. The number of methoxy groups -OCH3 is 1. The van der Waals surface area contributed by atoms with Gasteiger partial charge in [-0.2, -0.15) is 0 Å². The molecule has 21 heavy (non-hydrogen) atoms. The molecule has 4 heteroatoms. The predicted octanol–water partition coefficient (Wildman–Crippen LogP) is 3.42. The highest BCUT2D eigenvalue weighted by atomic mass is 16.6. The van der Waals surface area contributed by atoms with Gasteiger partial charge < -0.3 is 14.8 Å². The first kappa shape index (κ1) is 14.9. The number of hydrogen-bond donors (Lipinski definition) is 1. The second-order valence-corrected chi connectivity index (χ2v) is 4.58. The summed E-state index contributed by atoms with van der Waals surface area (Å²) in [5.41, 5.74) is 1.22. The quantitative estimate of drug-likeness (QED) is 0.827. The van der Waals surface area contributed by atoms with Crippen molar-refractivity contribution in [2.75, 3.05) is 13.7 Å². The Morgan fingerprint density at radius 2 is 1.71 bits per heavy atom. The molecule has 2 rings (SSSR count). The van der Waals surface area contributed by atoms with E-state index in [2.05, 4.69) is 5.32 Å².